The van der Waals surface area contributed by atoms with Crippen LogP contribution in [0.1, 0.15) is 32.3 Å². The summed E-state index contributed by atoms with van der Waals surface area (Å²) in [6.45, 7) is 4.64. The van der Waals surface area contributed by atoms with Gasteiger partial charge in [-0.3, -0.25) is 4.79 Å². The Labute approximate surface area is 149 Å². The number of carbonyl (C=O) groups excluding carboxylic acids is 1. The summed E-state index contributed by atoms with van der Waals surface area (Å²) in [6.07, 6.45) is 2.71. The second-order valence-corrected chi connectivity index (χ2v) is 9.66. The van der Waals surface area contributed by atoms with E-state index in [1.165, 1.54) is 0 Å². The Morgan fingerprint density at radius 3 is 2.68 bits per heavy atom. The smallest absolute Gasteiger partial charge is 0.243 e. The Kier molecular flexibility index (Phi) is 3.94. The second kappa shape index (κ2) is 5.79. The van der Waals surface area contributed by atoms with Crippen LogP contribution in [0.4, 0.5) is 5.69 Å². The molecule has 25 heavy (non-hydrogen) atoms. The predicted octanol–water partition coefficient (Wildman–Crippen LogP) is 1.34. The summed E-state index contributed by atoms with van der Waals surface area (Å²) >= 11 is 0. The molecule has 2 heterocycles. The SMILES string of the molecule is CC(=O)N1c2ccc(S(=O)(=O)N3CC4CCC(N)C4C3)cc2CC1C. The third-order valence-electron chi connectivity index (χ3n) is 6.12. The maximum Gasteiger partial charge on any atom is 0.243 e. The van der Waals surface area contributed by atoms with Crippen molar-refractivity contribution in [3.8, 4) is 0 Å². The van der Waals surface area contributed by atoms with Gasteiger partial charge in [0, 0.05) is 37.8 Å². The molecule has 1 aromatic rings. The molecule has 1 saturated carbocycles. The van der Waals surface area contributed by atoms with E-state index in [2.05, 4.69) is 0 Å². The Hall–Kier alpha value is -1.44. The van der Waals surface area contributed by atoms with E-state index in [1.54, 1.807) is 34.3 Å². The minimum Gasteiger partial charge on any atom is -0.327 e. The molecule has 4 atom stereocenters. The van der Waals surface area contributed by atoms with Crippen LogP contribution < -0.4 is 10.6 Å². The number of amides is 1. The largest absolute Gasteiger partial charge is 0.327 e. The number of hydrogen-bond donors (Lipinski definition) is 1. The second-order valence-electron chi connectivity index (χ2n) is 7.72. The van der Waals surface area contributed by atoms with Crippen molar-refractivity contribution in [1.82, 2.24) is 4.31 Å². The number of rotatable bonds is 2. The third kappa shape index (κ3) is 2.60. The van der Waals surface area contributed by atoms with Gasteiger partial charge in [0.05, 0.1) is 4.90 Å². The highest BCUT2D eigenvalue weighted by molar-refractivity contribution is 7.89. The predicted molar refractivity (Wildman–Crippen MR) is 95.7 cm³/mol. The van der Waals surface area contributed by atoms with Crippen LogP contribution in [0.15, 0.2) is 23.1 Å². The minimum absolute atomic E-state index is 0.0109. The molecule has 2 fully saturated rings. The van der Waals surface area contributed by atoms with Crippen LogP contribution in [0.5, 0.6) is 0 Å². The fourth-order valence-electron chi connectivity index (χ4n) is 4.86. The molecule has 0 spiro atoms. The van der Waals surface area contributed by atoms with Crippen molar-refractivity contribution < 1.29 is 13.2 Å². The van der Waals surface area contributed by atoms with E-state index in [0.717, 1.165) is 24.1 Å². The first-order valence-electron chi connectivity index (χ1n) is 8.97. The number of benzene rings is 1. The summed E-state index contributed by atoms with van der Waals surface area (Å²) in [5.41, 5.74) is 7.90. The maximum atomic E-state index is 13.1. The van der Waals surface area contributed by atoms with Crippen molar-refractivity contribution in [2.24, 2.45) is 17.6 Å². The third-order valence-corrected chi connectivity index (χ3v) is 7.95. The summed E-state index contributed by atoms with van der Waals surface area (Å²) in [7, 11) is -3.51. The Balaban J connectivity index is 1.63. The minimum atomic E-state index is -3.51. The molecule has 1 aromatic carbocycles. The van der Waals surface area contributed by atoms with E-state index in [-0.39, 0.29) is 23.9 Å². The molecule has 4 rings (SSSR count). The van der Waals surface area contributed by atoms with Crippen molar-refractivity contribution in [3.05, 3.63) is 23.8 Å². The van der Waals surface area contributed by atoms with Crippen LogP contribution in [-0.2, 0) is 21.2 Å². The number of anilines is 1. The molecule has 6 nitrogen and oxygen atoms in total. The number of fused-ring (bicyclic) bond motifs is 2. The molecule has 0 bridgehead atoms. The van der Waals surface area contributed by atoms with Gasteiger partial charge in [-0.1, -0.05) is 0 Å². The monoisotopic (exact) mass is 363 g/mol. The molecule has 136 valence electrons. The molecule has 1 amide bonds. The van der Waals surface area contributed by atoms with Crippen LogP contribution in [0.25, 0.3) is 0 Å². The van der Waals surface area contributed by atoms with Crippen LogP contribution in [-0.4, -0.2) is 43.8 Å². The van der Waals surface area contributed by atoms with Crippen LogP contribution >= 0.6 is 0 Å². The summed E-state index contributed by atoms with van der Waals surface area (Å²) in [6, 6.07) is 5.34. The Morgan fingerprint density at radius 1 is 1.24 bits per heavy atom. The van der Waals surface area contributed by atoms with Gasteiger partial charge in [-0.2, -0.15) is 4.31 Å². The molecule has 0 radical (unpaired) electrons. The van der Waals surface area contributed by atoms with Crippen LogP contribution in [0.3, 0.4) is 0 Å². The zero-order valence-electron chi connectivity index (χ0n) is 14.7. The molecule has 4 unspecified atom stereocenters. The van der Waals surface area contributed by atoms with Gasteiger partial charge in [0.15, 0.2) is 0 Å². The van der Waals surface area contributed by atoms with Gasteiger partial charge in [-0.25, -0.2) is 8.42 Å². The average molecular weight is 363 g/mol. The van der Waals surface area contributed by atoms with E-state index < -0.39 is 10.0 Å². The number of hydrogen-bond acceptors (Lipinski definition) is 4. The Morgan fingerprint density at radius 2 is 2.00 bits per heavy atom. The molecular weight excluding hydrogens is 338 g/mol. The molecule has 0 aromatic heterocycles. The summed E-state index contributed by atoms with van der Waals surface area (Å²) in [4.78, 5) is 13.9. The van der Waals surface area contributed by atoms with E-state index in [1.807, 2.05) is 6.92 Å². The lowest BCUT2D eigenvalue weighted by molar-refractivity contribution is -0.116. The first kappa shape index (κ1) is 17.0. The zero-order valence-corrected chi connectivity index (χ0v) is 15.5. The van der Waals surface area contributed by atoms with Crippen molar-refractivity contribution in [3.63, 3.8) is 0 Å². The highest BCUT2D eigenvalue weighted by atomic mass is 32.2. The fourth-order valence-corrected chi connectivity index (χ4v) is 6.45. The van der Waals surface area contributed by atoms with E-state index in [4.69, 9.17) is 5.73 Å². The standard InChI is InChI=1S/C18H25N3O3S/c1-11-7-14-8-15(4-6-18(14)21(11)12(2)22)25(23,24)20-9-13-3-5-17(19)16(13)10-20/h4,6,8,11,13,16-17H,3,5,7,9-10,19H2,1-2H3. The van der Waals surface area contributed by atoms with Gasteiger partial charge >= 0.3 is 0 Å². The molecule has 3 aliphatic rings. The number of sulfonamides is 1. The van der Waals surface area contributed by atoms with Gasteiger partial charge in [-0.15, -0.1) is 0 Å². The fraction of sp³-hybridized carbons (Fsp3) is 0.611. The van der Waals surface area contributed by atoms with E-state index >= 15 is 0 Å². The van der Waals surface area contributed by atoms with Crippen molar-refractivity contribution in [2.45, 2.75) is 50.1 Å². The van der Waals surface area contributed by atoms with Crippen molar-refractivity contribution in [1.29, 1.82) is 0 Å². The van der Waals surface area contributed by atoms with E-state index in [9.17, 15) is 13.2 Å². The van der Waals surface area contributed by atoms with Gasteiger partial charge in [-0.05, 0) is 61.8 Å². The maximum absolute atomic E-state index is 13.1. The molecule has 1 aliphatic carbocycles. The number of nitrogens with two attached hydrogens (primary N) is 1. The summed E-state index contributed by atoms with van der Waals surface area (Å²) < 4.78 is 27.7. The lowest BCUT2D eigenvalue weighted by Gasteiger charge is -2.21. The lowest BCUT2D eigenvalue weighted by Crippen LogP contribution is -2.33. The number of nitrogens with zero attached hydrogens (tertiary/aromatic N) is 2. The summed E-state index contributed by atoms with van der Waals surface area (Å²) in [5, 5.41) is 0. The molecule has 2 N–H and O–H groups in total. The van der Waals surface area contributed by atoms with Gasteiger partial charge in [0.2, 0.25) is 15.9 Å². The van der Waals surface area contributed by atoms with Gasteiger partial charge < -0.3 is 10.6 Å². The van der Waals surface area contributed by atoms with Gasteiger partial charge in [0.1, 0.15) is 0 Å². The normalized spacial score (nSPS) is 32.0. The van der Waals surface area contributed by atoms with Gasteiger partial charge in [0.25, 0.3) is 0 Å². The molecule has 1 saturated heterocycles. The molecule has 2 aliphatic heterocycles. The van der Waals surface area contributed by atoms with Crippen molar-refractivity contribution in [2.75, 3.05) is 18.0 Å². The quantitative estimate of drug-likeness (QED) is 0.859. The van der Waals surface area contributed by atoms with Crippen LogP contribution in [0, 0.1) is 11.8 Å². The van der Waals surface area contributed by atoms with Crippen molar-refractivity contribution >= 4 is 21.6 Å². The van der Waals surface area contributed by atoms with Crippen LogP contribution in [0.2, 0.25) is 0 Å². The Bertz CT molecular complexity index is 823. The summed E-state index contributed by atoms with van der Waals surface area (Å²) in [5.74, 6) is 0.674. The highest BCUT2D eigenvalue weighted by Crippen LogP contribution is 2.40. The topological polar surface area (TPSA) is 83.7 Å². The highest BCUT2D eigenvalue weighted by Gasteiger charge is 2.45. The first-order valence-corrected chi connectivity index (χ1v) is 10.4. The first-order chi connectivity index (χ1) is 11.8. The zero-order chi connectivity index (χ0) is 17.9. The molecule has 7 heteroatoms. The van der Waals surface area contributed by atoms with E-state index in [0.29, 0.717) is 30.3 Å². The average Bonchev–Trinajstić information content (AvgIpc) is 3.20. The lowest BCUT2D eigenvalue weighted by atomic mass is 9.98. The number of carbonyl (C=O) groups is 1. The molecular formula is C18H25N3O3S.